The molecule has 0 N–H and O–H groups in total. The summed E-state index contributed by atoms with van der Waals surface area (Å²) in [7, 11) is 1.52. The van der Waals surface area contributed by atoms with Crippen LogP contribution in [0.2, 0.25) is 5.02 Å². The van der Waals surface area contributed by atoms with E-state index in [0.29, 0.717) is 30.1 Å². The summed E-state index contributed by atoms with van der Waals surface area (Å²) < 4.78 is 43.5. The number of carbonyl (C=O) groups is 1. The van der Waals surface area contributed by atoms with Gasteiger partial charge in [0.2, 0.25) is 0 Å². The Morgan fingerprint density at radius 3 is 2.64 bits per heavy atom. The van der Waals surface area contributed by atoms with Crippen molar-refractivity contribution in [2.24, 2.45) is 11.3 Å². The highest BCUT2D eigenvalue weighted by Gasteiger charge is 2.54. The van der Waals surface area contributed by atoms with Crippen molar-refractivity contribution >= 4 is 23.1 Å². The average molecular weight is 412 g/mol. The zero-order valence-corrected chi connectivity index (χ0v) is 15.7. The third-order valence-electron chi connectivity index (χ3n) is 5.51. The molecule has 0 radical (unpaired) electrons. The summed E-state index contributed by atoms with van der Waals surface area (Å²) >= 11 is 5.75. The molecule has 1 spiro atoms. The second-order valence-electron chi connectivity index (χ2n) is 7.42. The maximum Gasteiger partial charge on any atom is 0.434 e. The zero-order chi connectivity index (χ0) is 20.1. The molecule has 0 bridgehead atoms. The maximum atomic E-state index is 12.8. The van der Waals surface area contributed by atoms with E-state index in [-0.39, 0.29) is 17.1 Å². The first kappa shape index (κ1) is 19.0. The predicted octanol–water partition coefficient (Wildman–Crippen LogP) is 4.26. The lowest BCUT2D eigenvalue weighted by Gasteiger charge is -2.59. The number of carbonyl (C=O) groups excluding carboxylic acids is 1. The largest absolute Gasteiger partial charge is 0.496 e. The van der Waals surface area contributed by atoms with E-state index < -0.39 is 16.9 Å². The standard InChI is InChI=1S/C19H17ClF3N3O2/c1-28-15-2-3-24-8-13(15)16(27)11-5-18(6-11)9-26(10-18)12-4-14(20)17(25-7-12)19(21,22)23/h2-4,7-8,11H,5-6,9-10H2,1H3. The summed E-state index contributed by atoms with van der Waals surface area (Å²) in [5, 5.41) is -0.406. The molecule has 1 saturated carbocycles. The molecule has 0 amide bonds. The van der Waals surface area contributed by atoms with E-state index in [1.807, 2.05) is 4.90 Å². The Bertz CT molecular complexity index is 921. The van der Waals surface area contributed by atoms with Gasteiger partial charge < -0.3 is 9.64 Å². The molecule has 3 heterocycles. The number of halogens is 4. The van der Waals surface area contributed by atoms with Crippen LogP contribution in [0.25, 0.3) is 0 Å². The fraction of sp³-hybridized carbons (Fsp3) is 0.421. The van der Waals surface area contributed by atoms with Gasteiger partial charge in [0.1, 0.15) is 5.75 Å². The number of methoxy groups -OCH3 is 1. The Morgan fingerprint density at radius 1 is 1.32 bits per heavy atom. The molecule has 148 valence electrons. The number of nitrogens with zero attached hydrogens (tertiary/aromatic N) is 3. The first-order chi connectivity index (χ1) is 13.2. The van der Waals surface area contributed by atoms with Gasteiger partial charge in [0.05, 0.1) is 29.6 Å². The SMILES string of the molecule is COc1ccncc1C(=O)C1CC2(C1)CN(c1cnc(C(F)(F)F)c(Cl)c1)C2. The van der Waals surface area contributed by atoms with Crippen molar-refractivity contribution in [3.8, 4) is 5.75 Å². The Kier molecular flexibility index (Phi) is 4.49. The lowest BCUT2D eigenvalue weighted by molar-refractivity contribution is -0.141. The summed E-state index contributed by atoms with van der Waals surface area (Å²) in [6, 6.07) is 2.96. The van der Waals surface area contributed by atoms with Gasteiger partial charge in [-0.1, -0.05) is 11.6 Å². The normalized spacial score (nSPS) is 18.5. The van der Waals surface area contributed by atoms with Gasteiger partial charge in [0.15, 0.2) is 11.5 Å². The van der Waals surface area contributed by atoms with Crippen molar-refractivity contribution in [3.63, 3.8) is 0 Å². The van der Waals surface area contributed by atoms with Crippen LogP contribution < -0.4 is 9.64 Å². The highest BCUT2D eigenvalue weighted by atomic mass is 35.5. The minimum absolute atomic E-state index is 0.0188. The van der Waals surface area contributed by atoms with Gasteiger partial charge in [-0.3, -0.25) is 9.78 Å². The number of ether oxygens (including phenoxy) is 1. The van der Waals surface area contributed by atoms with Crippen LogP contribution in [0.5, 0.6) is 5.75 Å². The minimum Gasteiger partial charge on any atom is -0.496 e. The molecule has 0 unspecified atom stereocenters. The molecule has 9 heteroatoms. The number of rotatable bonds is 4. The van der Waals surface area contributed by atoms with Crippen molar-refractivity contribution < 1.29 is 22.7 Å². The first-order valence-electron chi connectivity index (χ1n) is 8.72. The number of anilines is 1. The van der Waals surface area contributed by atoms with Crippen molar-refractivity contribution in [1.29, 1.82) is 0 Å². The number of alkyl halides is 3. The Labute approximate surface area is 164 Å². The van der Waals surface area contributed by atoms with Crippen LogP contribution in [0.15, 0.2) is 30.7 Å². The number of hydrogen-bond donors (Lipinski definition) is 0. The monoisotopic (exact) mass is 411 g/mol. The molecule has 0 aromatic carbocycles. The van der Waals surface area contributed by atoms with Gasteiger partial charge in [0, 0.05) is 36.8 Å². The van der Waals surface area contributed by atoms with Gasteiger partial charge in [-0.25, -0.2) is 4.98 Å². The molecule has 4 rings (SSSR count). The van der Waals surface area contributed by atoms with Crippen LogP contribution in [-0.4, -0.2) is 36.0 Å². The Morgan fingerprint density at radius 2 is 2.04 bits per heavy atom. The lowest BCUT2D eigenvalue weighted by Crippen LogP contribution is -2.63. The number of Topliss-reactive ketones (excluding diaryl/α,β-unsaturated/α-hetero) is 1. The van der Waals surface area contributed by atoms with E-state index in [1.54, 1.807) is 12.3 Å². The quantitative estimate of drug-likeness (QED) is 0.704. The zero-order valence-electron chi connectivity index (χ0n) is 15.0. The topological polar surface area (TPSA) is 55.3 Å². The van der Waals surface area contributed by atoms with Crippen LogP contribution in [0.3, 0.4) is 0 Å². The molecule has 1 saturated heterocycles. The lowest BCUT2D eigenvalue weighted by atomic mass is 9.56. The molecule has 2 fully saturated rings. The molecule has 2 aromatic heterocycles. The molecule has 2 aromatic rings. The Hall–Kier alpha value is -2.35. The molecule has 1 aliphatic heterocycles. The second-order valence-corrected chi connectivity index (χ2v) is 7.83. The van der Waals surface area contributed by atoms with E-state index in [1.165, 1.54) is 25.6 Å². The number of aromatic nitrogens is 2. The summed E-state index contributed by atoms with van der Waals surface area (Å²) in [5.41, 5.74) is -0.00902. The molecular formula is C19H17ClF3N3O2. The summed E-state index contributed by atoms with van der Waals surface area (Å²) in [4.78, 5) is 22.1. The van der Waals surface area contributed by atoms with Crippen LogP contribution in [0, 0.1) is 11.3 Å². The van der Waals surface area contributed by atoms with Crippen LogP contribution in [0.4, 0.5) is 18.9 Å². The van der Waals surface area contributed by atoms with Gasteiger partial charge in [-0.2, -0.15) is 13.2 Å². The highest BCUT2D eigenvalue weighted by Crippen LogP contribution is 2.54. The first-order valence-corrected chi connectivity index (χ1v) is 9.10. The second kappa shape index (κ2) is 6.62. The summed E-state index contributed by atoms with van der Waals surface area (Å²) in [5.74, 6) is 0.449. The van der Waals surface area contributed by atoms with E-state index >= 15 is 0 Å². The third-order valence-corrected chi connectivity index (χ3v) is 5.80. The van der Waals surface area contributed by atoms with Gasteiger partial charge >= 0.3 is 6.18 Å². The van der Waals surface area contributed by atoms with E-state index in [4.69, 9.17) is 16.3 Å². The van der Waals surface area contributed by atoms with Crippen molar-refractivity contribution in [2.45, 2.75) is 19.0 Å². The van der Waals surface area contributed by atoms with Gasteiger partial charge in [-0.15, -0.1) is 0 Å². The fourth-order valence-electron chi connectivity index (χ4n) is 4.15. The van der Waals surface area contributed by atoms with Crippen molar-refractivity contribution in [1.82, 2.24) is 9.97 Å². The molecule has 28 heavy (non-hydrogen) atoms. The Balaban J connectivity index is 1.38. The van der Waals surface area contributed by atoms with E-state index in [0.717, 1.165) is 12.8 Å². The summed E-state index contributed by atoms with van der Waals surface area (Å²) in [6.45, 7) is 1.34. The van der Waals surface area contributed by atoms with Crippen LogP contribution in [-0.2, 0) is 6.18 Å². The minimum atomic E-state index is -4.57. The number of pyridine rings is 2. The van der Waals surface area contributed by atoms with Crippen molar-refractivity contribution in [3.05, 3.63) is 47.0 Å². The predicted molar refractivity (Wildman–Crippen MR) is 96.7 cm³/mol. The van der Waals surface area contributed by atoms with Gasteiger partial charge in [-0.05, 0) is 25.0 Å². The number of hydrogen-bond acceptors (Lipinski definition) is 5. The van der Waals surface area contributed by atoms with Crippen LogP contribution in [0.1, 0.15) is 28.9 Å². The van der Waals surface area contributed by atoms with E-state index in [9.17, 15) is 18.0 Å². The highest BCUT2D eigenvalue weighted by molar-refractivity contribution is 6.31. The van der Waals surface area contributed by atoms with Crippen molar-refractivity contribution in [2.75, 3.05) is 25.1 Å². The summed E-state index contributed by atoms with van der Waals surface area (Å²) in [6.07, 6.45) is 1.20. The smallest absolute Gasteiger partial charge is 0.434 e. The molecule has 2 aliphatic rings. The molecule has 5 nitrogen and oxygen atoms in total. The van der Waals surface area contributed by atoms with Gasteiger partial charge in [0.25, 0.3) is 0 Å². The molecule has 0 atom stereocenters. The van der Waals surface area contributed by atoms with E-state index in [2.05, 4.69) is 9.97 Å². The molecular weight excluding hydrogens is 395 g/mol. The third kappa shape index (κ3) is 3.19. The average Bonchev–Trinajstić information content (AvgIpc) is 2.58. The molecule has 1 aliphatic carbocycles. The fourth-order valence-corrected chi connectivity index (χ4v) is 4.42. The maximum absolute atomic E-state index is 12.8. The van der Waals surface area contributed by atoms with Crippen LogP contribution >= 0.6 is 11.6 Å². The number of ketones is 1.